The highest BCUT2D eigenvalue weighted by atomic mass is 16.5. The molecule has 2 nitrogen and oxygen atoms in total. The van der Waals surface area contributed by atoms with Crippen molar-refractivity contribution < 1.29 is 4.74 Å². The molecule has 112 valence electrons. The van der Waals surface area contributed by atoms with E-state index in [-0.39, 0.29) is 0 Å². The highest BCUT2D eigenvalue weighted by molar-refractivity contribution is 5.00. The second-order valence-electron chi connectivity index (χ2n) is 6.79. The van der Waals surface area contributed by atoms with Gasteiger partial charge < -0.3 is 10.1 Å². The van der Waals surface area contributed by atoms with Crippen LogP contribution in [-0.4, -0.2) is 26.3 Å². The third kappa shape index (κ3) is 4.19. The predicted octanol–water partition coefficient (Wildman–Crippen LogP) is 4.14. The van der Waals surface area contributed by atoms with Crippen molar-refractivity contribution in [2.75, 3.05) is 20.2 Å². The molecule has 0 spiro atoms. The van der Waals surface area contributed by atoms with E-state index < -0.39 is 0 Å². The zero-order valence-electron chi connectivity index (χ0n) is 13.0. The van der Waals surface area contributed by atoms with Gasteiger partial charge in [-0.3, -0.25) is 0 Å². The fourth-order valence-electron chi connectivity index (χ4n) is 3.90. The minimum atomic E-state index is 0.459. The van der Waals surface area contributed by atoms with E-state index in [1.807, 2.05) is 0 Å². The van der Waals surface area contributed by atoms with Gasteiger partial charge in [0, 0.05) is 18.6 Å². The van der Waals surface area contributed by atoms with Crippen LogP contribution in [0.3, 0.4) is 0 Å². The third-order valence-electron chi connectivity index (χ3n) is 5.11. The molecule has 1 N–H and O–H groups in total. The second-order valence-corrected chi connectivity index (χ2v) is 6.79. The van der Waals surface area contributed by atoms with Gasteiger partial charge in [-0.15, -0.1) is 0 Å². The van der Waals surface area contributed by atoms with Crippen molar-refractivity contribution >= 4 is 0 Å². The topological polar surface area (TPSA) is 21.3 Å². The first kappa shape index (κ1) is 15.3. The van der Waals surface area contributed by atoms with Gasteiger partial charge in [0.1, 0.15) is 0 Å². The average Bonchev–Trinajstić information content (AvgIpc) is 3.17. The van der Waals surface area contributed by atoms with Crippen molar-refractivity contribution in [1.82, 2.24) is 5.32 Å². The van der Waals surface area contributed by atoms with Gasteiger partial charge in [-0.05, 0) is 38.6 Å². The Labute approximate surface area is 119 Å². The summed E-state index contributed by atoms with van der Waals surface area (Å²) < 4.78 is 6.10. The van der Waals surface area contributed by atoms with E-state index in [1.165, 1.54) is 64.2 Å². The summed E-state index contributed by atoms with van der Waals surface area (Å²) in [7, 11) is 2.10. The van der Waals surface area contributed by atoms with Crippen LogP contribution in [0.1, 0.15) is 71.1 Å². The van der Waals surface area contributed by atoms with Gasteiger partial charge in [0.25, 0.3) is 0 Å². The van der Waals surface area contributed by atoms with Crippen molar-refractivity contribution in [3.8, 4) is 0 Å². The van der Waals surface area contributed by atoms with Crippen LogP contribution < -0.4 is 5.32 Å². The molecule has 1 saturated carbocycles. The highest BCUT2D eigenvalue weighted by Gasteiger charge is 2.49. The van der Waals surface area contributed by atoms with Gasteiger partial charge in [0.05, 0.1) is 6.10 Å². The summed E-state index contributed by atoms with van der Waals surface area (Å²) in [4.78, 5) is 0. The summed E-state index contributed by atoms with van der Waals surface area (Å²) >= 11 is 0. The van der Waals surface area contributed by atoms with E-state index in [9.17, 15) is 0 Å². The molecule has 1 heterocycles. The fraction of sp³-hybridized carbons (Fsp3) is 1.00. The molecule has 2 fully saturated rings. The number of unbranched alkanes of at least 4 members (excludes halogenated alkanes) is 5. The smallest absolute Gasteiger partial charge is 0.0672 e. The van der Waals surface area contributed by atoms with Crippen molar-refractivity contribution in [1.29, 1.82) is 0 Å². The number of rotatable bonds is 10. The Hall–Kier alpha value is -0.0800. The van der Waals surface area contributed by atoms with E-state index in [0.717, 1.165) is 19.1 Å². The van der Waals surface area contributed by atoms with Gasteiger partial charge in [-0.1, -0.05) is 45.4 Å². The van der Waals surface area contributed by atoms with Crippen molar-refractivity contribution in [3.05, 3.63) is 0 Å². The Kier molecular flexibility index (Phi) is 6.15. The SMILES string of the molecule is CCCCCCCCC1(CNC)CCOC1C1CC1. The first-order valence-corrected chi connectivity index (χ1v) is 8.58. The maximum Gasteiger partial charge on any atom is 0.0672 e. The second kappa shape index (κ2) is 7.64. The summed E-state index contributed by atoms with van der Waals surface area (Å²) in [6.07, 6.45) is 14.5. The molecule has 0 aromatic carbocycles. The molecule has 2 aliphatic rings. The highest BCUT2D eigenvalue weighted by Crippen LogP contribution is 2.50. The Morgan fingerprint density at radius 1 is 1.11 bits per heavy atom. The zero-order valence-corrected chi connectivity index (χ0v) is 13.0. The summed E-state index contributed by atoms with van der Waals surface area (Å²) in [5, 5.41) is 3.44. The molecule has 2 atom stereocenters. The Bertz CT molecular complexity index is 252. The van der Waals surface area contributed by atoms with Crippen molar-refractivity contribution in [3.63, 3.8) is 0 Å². The lowest BCUT2D eigenvalue weighted by Gasteiger charge is -2.34. The average molecular weight is 267 g/mol. The molecular formula is C17H33NO. The van der Waals surface area contributed by atoms with Crippen LogP contribution in [0.5, 0.6) is 0 Å². The van der Waals surface area contributed by atoms with Crippen LogP contribution in [0.2, 0.25) is 0 Å². The molecule has 0 bridgehead atoms. The lowest BCUT2D eigenvalue weighted by atomic mass is 9.74. The molecule has 1 saturated heterocycles. The van der Waals surface area contributed by atoms with Crippen LogP contribution in [0.25, 0.3) is 0 Å². The maximum atomic E-state index is 6.10. The van der Waals surface area contributed by atoms with Crippen LogP contribution in [-0.2, 0) is 4.74 Å². The van der Waals surface area contributed by atoms with E-state index in [4.69, 9.17) is 4.74 Å². The number of ether oxygens (including phenoxy) is 1. The molecule has 0 aromatic rings. The molecule has 2 heteroatoms. The minimum Gasteiger partial charge on any atom is -0.377 e. The predicted molar refractivity (Wildman–Crippen MR) is 81.4 cm³/mol. The molecule has 0 aromatic heterocycles. The summed E-state index contributed by atoms with van der Waals surface area (Å²) in [5.41, 5.74) is 0.459. The van der Waals surface area contributed by atoms with E-state index in [1.54, 1.807) is 0 Å². The molecule has 1 aliphatic heterocycles. The van der Waals surface area contributed by atoms with E-state index >= 15 is 0 Å². The Morgan fingerprint density at radius 3 is 2.53 bits per heavy atom. The van der Waals surface area contributed by atoms with Crippen molar-refractivity contribution in [2.24, 2.45) is 11.3 Å². The molecule has 1 aliphatic carbocycles. The number of hydrogen-bond acceptors (Lipinski definition) is 2. The molecule has 2 unspecified atom stereocenters. The number of nitrogens with one attached hydrogen (secondary N) is 1. The standard InChI is InChI=1S/C17H33NO/c1-3-4-5-6-7-8-11-17(14-18-2)12-13-19-16(17)15-9-10-15/h15-16,18H,3-14H2,1-2H3. The van der Waals surface area contributed by atoms with Crippen molar-refractivity contribution in [2.45, 2.75) is 77.2 Å². The summed E-state index contributed by atoms with van der Waals surface area (Å²) in [6, 6.07) is 0. The van der Waals surface area contributed by atoms with Crippen LogP contribution in [0.15, 0.2) is 0 Å². The minimum absolute atomic E-state index is 0.459. The quantitative estimate of drug-likeness (QED) is 0.601. The zero-order chi connectivity index (χ0) is 13.6. The molecule has 0 radical (unpaired) electrons. The Balaban J connectivity index is 1.75. The van der Waals surface area contributed by atoms with Gasteiger partial charge in [0.15, 0.2) is 0 Å². The lowest BCUT2D eigenvalue weighted by molar-refractivity contribution is 0.0261. The van der Waals surface area contributed by atoms with E-state index in [2.05, 4.69) is 19.3 Å². The number of hydrogen-bond donors (Lipinski definition) is 1. The van der Waals surface area contributed by atoms with Gasteiger partial charge >= 0.3 is 0 Å². The largest absolute Gasteiger partial charge is 0.377 e. The summed E-state index contributed by atoms with van der Waals surface area (Å²) in [5.74, 6) is 0.885. The molecule has 0 amide bonds. The Morgan fingerprint density at radius 2 is 1.84 bits per heavy atom. The maximum absolute atomic E-state index is 6.10. The molecule has 19 heavy (non-hydrogen) atoms. The van der Waals surface area contributed by atoms with Gasteiger partial charge in [0.2, 0.25) is 0 Å². The van der Waals surface area contributed by atoms with Crippen LogP contribution in [0, 0.1) is 11.3 Å². The monoisotopic (exact) mass is 267 g/mol. The normalized spacial score (nSPS) is 30.9. The van der Waals surface area contributed by atoms with Gasteiger partial charge in [-0.2, -0.15) is 0 Å². The molecule has 2 rings (SSSR count). The van der Waals surface area contributed by atoms with Crippen LogP contribution >= 0.6 is 0 Å². The van der Waals surface area contributed by atoms with Crippen LogP contribution in [0.4, 0.5) is 0 Å². The summed E-state index contributed by atoms with van der Waals surface area (Å²) in [6.45, 7) is 4.44. The van der Waals surface area contributed by atoms with E-state index in [0.29, 0.717) is 11.5 Å². The lowest BCUT2D eigenvalue weighted by Crippen LogP contribution is -2.40. The first-order chi connectivity index (χ1) is 9.32. The molecular weight excluding hydrogens is 234 g/mol. The third-order valence-corrected chi connectivity index (χ3v) is 5.11. The van der Waals surface area contributed by atoms with Gasteiger partial charge in [-0.25, -0.2) is 0 Å². The fourth-order valence-corrected chi connectivity index (χ4v) is 3.90. The first-order valence-electron chi connectivity index (χ1n) is 8.58.